The maximum Gasteiger partial charge on any atom is 0.332 e. The Morgan fingerprint density at radius 2 is 1.19 bits per heavy atom. The topological polar surface area (TPSA) is 142 Å². The largest absolute Gasteiger partial charge is 0.381 e. The highest BCUT2D eigenvalue weighted by atomic mass is 16.5. The molecule has 2 aliphatic heterocycles. The summed E-state index contributed by atoms with van der Waals surface area (Å²) in [6.45, 7) is 7.88. The summed E-state index contributed by atoms with van der Waals surface area (Å²) >= 11 is 0. The van der Waals surface area contributed by atoms with Gasteiger partial charge in [-0.1, -0.05) is 13.8 Å². The van der Waals surface area contributed by atoms with Gasteiger partial charge in [0.25, 0.3) is 11.1 Å². The van der Waals surface area contributed by atoms with Gasteiger partial charge in [0.15, 0.2) is 22.3 Å². The van der Waals surface area contributed by atoms with Crippen molar-refractivity contribution in [1.29, 1.82) is 0 Å². The first-order chi connectivity index (χ1) is 19.9. The fourth-order valence-corrected chi connectivity index (χ4v) is 5.82. The van der Waals surface area contributed by atoms with Crippen LogP contribution >= 0.6 is 0 Å². The quantitative estimate of drug-likeness (QED) is 0.330. The molecule has 0 spiro atoms. The maximum absolute atomic E-state index is 12.7. The van der Waals surface area contributed by atoms with Gasteiger partial charge >= 0.3 is 11.4 Å². The molecule has 0 aromatic carbocycles. The molecule has 0 N–H and O–H groups in total. The van der Waals surface area contributed by atoms with Gasteiger partial charge in [0.05, 0.1) is 19.3 Å². The van der Waals surface area contributed by atoms with Crippen LogP contribution in [0.1, 0.15) is 39.5 Å². The van der Waals surface area contributed by atoms with Crippen LogP contribution in [-0.2, 0) is 50.8 Å². The Kier molecular flexibility index (Phi) is 7.88. The lowest BCUT2D eigenvalue weighted by Crippen LogP contribution is -2.44. The first-order valence-corrected chi connectivity index (χ1v) is 14.2. The van der Waals surface area contributed by atoms with Crippen molar-refractivity contribution in [2.45, 2.75) is 52.6 Å². The minimum absolute atomic E-state index is 0.0475. The number of hydrogen-bond acceptors (Lipinski definition) is 8. The SMILES string of the molecule is Cn1cnc2c1c(=O)n(CC1(C)CCOCC1)c(=O)n2C.Cn1cnc2c1c(=O)n(CCC1(C)CCOC1)c(=O)n2C. The van der Waals surface area contributed by atoms with Crippen LogP contribution in [0.5, 0.6) is 0 Å². The molecule has 2 aliphatic rings. The number of fused-ring (bicyclic) bond motifs is 2. The lowest BCUT2D eigenvalue weighted by atomic mass is 9.82. The third-order valence-corrected chi connectivity index (χ3v) is 8.88. The summed E-state index contributed by atoms with van der Waals surface area (Å²) in [5.74, 6) is 0. The summed E-state index contributed by atoms with van der Waals surface area (Å²) in [7, 11) is 6.83. The smallest absolute Gasteiger partial charge is 0.332 e. The van der Waals surface area contributed by atoms with Gasteiger partial charge in [-0.15, -0.1) is 0 Å². The van der Waals surface area contributed by atoms with Gasteiger partial charge in [0.1, 0.15) is 0 Å². The Hall–Kier alpha value is -3.78. The van der Waals surface area contributed by atoms with E-state index in [0.29, 0.717) is 55.2 Å². The Balaban J connectivity index is 0.000000168. The van der Waals surface area contributed by atoms with Gasteiger partial charge < -0.3 is 18.6 Å². The van der Waals surface area contributed by atoms with E-state index in [4.69, 9.17) is 9.47 Å². The predicted molar refractivity (Wildman–Crippen MR) is 157 cm³/mol. The van der Waals surface area contributed by atoms with Crippen molar-refractivity contribution >= 4 is 22.3 Å². The van der Waals surface area contributed by atoms with E-state index in [1.54, 1.807) is 50.0 Å². The zero-order valence-electron chi connectivity index (χ0n) is 25.3. The molecule has 42 heavy (non-hydrogen) atoms. The molecule has 2 saturated heterocycles. The average molecular weight is 585 g/mol. The second-order valence-electron chi connectivity index (χ2n) is 12.4. The van der Waals surface area contributed by atoms with Crippen LogP contribution in [0.25, 0.3) is 22.3 Å². The third-order valence-electron chi connectivity index (χ3n) is 8.88. The van der Waals surface area contributed by atoms with Gasteiger partial charge in [-0.3, -0.25) is 27.9 Å². The summed E-state index contributed by atoms with van der Waals surface area (Å²) in [5, 5.41) is 0. The number of ether oxygens (including phenoxy) is 2. The molecule has 0 saturated carbocycles. The van der Waals surface area contributed by atoms with Gasteiger partial charge in [-0.05, 0) is 36.5 Å². The Morgan fingerprint density at radius 1 is 0.714 bits per heavy atom. The highest BCUT2D eigenvalue weighted by Crippen LogP contribution is 2.32. The van der Waals surface area contributed by atoms with Crippen molar-refractivity contribution in [2.24, 2.45) is 39.0 Å². The molecule has 14 nitrogen and oxygen atoms in total. The van der Waals surface area contributed by atoms with Gasteiger partial charge in [-0.2, -0.15) is 0 Å². The number of hydrogen-bond donors (Lipinski definition) is 0. The van der Waals surface area contributed by atoms with Crippen LogP contribution < -0.4 is 22.5 Å². The van der Waals surface area contributed by atoms with Crippen molar-refractivity contribution in [2.75, 3.05) is 26.4 Å². The molecular weight excluding hydrogens is 544 g/mol. The lowest BCUT2D eigenvalue weighted by molar-refractivity contribution is 0.0144. The second kappa shape index (κ2) is 11.1. The summed E-state index contributed by atoms with van der Waals surface area (Å²) in [6, 6.07) is 0. The standard InChI is InChI=1S/2C14H20N4O3/c1-14(4-6-21-7-5-14)8-18-12(19)10-11(15-9-16(10)2)17(3)13(18)20;1-14(5-7-21-8-14)4-6-18-12(19)10-11(15-9-16(10)2)17(3)13(18)20/h2*9H,4-8H2,1-3H3. The van der Waals surface area contributed by atoms with E-state index >= 15 is 0 Å². The number of aryl methyl sites for hydroxylation is 4. The zero-order chi connectivity index (χ0) is 30.4. The van der Waals surface area contributed by atoms with Crippen LogP contribution in [0.2, 0.25) is 0 Å². The van der Waals surface area contributed by atoms with Crippen molar-refractivity contribution in [3.8, 4) is 0 Å². The van der Waals surface area contributed by atoms with Gasteiger partial charge in [-0.25, -0.2) is 19.6 Å². The molecule has 0 bridgehead atoms. The molecule has 4 aromatic rings. The van der Waals surface area contributed by atoms with E-state index in [2.05, 4.69) is 23.8 Å². The van der Waals surface area contributed by atoms with Crippen LogP contribution in [-0.4, -0.2) is 63.8 Å². The Morgan fingerprint density at radius 3 is 1.71 bits per heavy atom. The molecule has 0 radical (unpaired) electrons. The van der Waals surface area contributed by atoms with Crippen molar-refractivity contribution in [3.05, 3.63) is 54.3 Å². The first-order valence-electron chi connectivity index (χ1n) is 14.2. The Bertz CT molecular complexity index is 1860. The van der Waals surface area contributed by atoms with Crippen molar-refractivity contribution < 1.29 is 9.47 Å². The van der Waals surface area contributed by atoms with Crippen LogP contribution in [0.15, 0.2) is 31.8 Å². The first kappa shape index (κ1) is 29.7. The molecule has 14 heteroatoms. The molecular formula is C28H40N8O6. The number of aromatic nitrogens is 8. The summed E-state index contributed by atoms with van der Waals surface area (Å²) in [4.78, 5) is 58.3. The molecule has 228 valence electrons. The van der Waals surface area contributed by atoms with Crippen molar-refractivity contribution in [1.82, 2.24) is 37.4 Å². The van der Waals surface area contributed by atoms with E-state index in [-0.39, 0.29) is 33.3 Å². The molecule has 2 fully saturated rings. The molecule has 6 rings (SSSR count). The summed E-state index contributed by atoms with van der Waals surface area (Å²) in [6.07, 6.45) is 6.55. The van der Waals surface area contributed by atoms with Crippen LogP contribution in [0.4, 0.5) is 0 Å². The zero-order valence-corrected chi connectivity index (χ0v) is 25.3. The van der Waals surface area contributed by atoms with E-state index < -0.39 is 0 Å². The normalized spacial score (nSPS) is 20.2. The number of rotatable bonds is 5. The van der Waals surface area contributed by atoms with E-state index in [1.807, 2.05) is 0 Å². The summed E-state index contributed by atoms with van der Waals surface area (Å²) in [5.41, 5.74) is 0.605. The van der Waals surface area contributed by atoms with E-state index in [0.717, 1.165) is 32.3 Å². The molecule has 0 amide bonds. The fraction of sp³-hybridized carbons (Fsp3) is 0.643. The maximum atomic E-state index is 12.7. The second-order valence-corrected chi connectivity index (χ2v) is 12.4. The predicted octanol–water partition coefficient (Wildman–Crippen LogP) is 0.501. The van der Waals surface area contributed by atoms with E-state index in [1.165, 1.54) is 18.3 Å². The van der Waals surface area contributed by atoms with Gasteiger partial charge in [0.2, 0.25) is 0 Å². The molecule has 1 atom stereocenters. The highest BCUT2D eigenvalue weighted by molar-refractivity contribution is 5.70. The molecule has 1 unspecified atom stereocenters. The number of imidazole rings is 2. The summed E-state index contributed by atoms with van der Waals surface area (Å²) < 4.78 is 19.7. The highest BCUT2D eigenvalue weighted by Gasteiger charge is 2.31. The monoisotopic (exact) mass is 584 g/mol. The Labute approximate surface area is 241 Å². The fourth-order valence-electron chi connectivity index (χ4n) is 5.82. The molecule has 4 aromatic heterocycles. The minimum Gasteiger partial charge on any atom is -0.381 e. The lowest BCUT2D eigenvalue weighted by Gasteiger charge is -2.33. The molecule has 0 aliphatic carbocycles. The minimum atomic E-state index is -0.311. The van der Waals surface area contributed by atoms with Crippen LogP contribution in [0.3, 0.4) is 0 Å². The third kappa shape index (κ3) is 5.28. The van der Waals surface area contributed by atoms with Crippen molar-refractivity contribution in [3.63, 3.8) is 0 Å². The van der Waals surface area contributed by atoms with Gasteiger partial charge in [0, 0.05) is 61.1 Å². The average Bonchev–Trinajstić information content (AvgIpc) is 3.68. The number of nitrogens with zero attached hydrogens (tertiary/aromatic N) is 8. The van der Waals surface area contributed by atoms with Crippen LogP contribution in [0, 0.1) is 10.8 Å². The molecule has 6 heterocycles. The van der Waals surface area contributed by atoms with E-state index in [9.17, 15) is 19.2 Å².